The number of rotatable bonds is 4. The normalized spacial score (nSPS) is 15.9. The molecule has 1 aliphatic rings. The second-order valence-electron chi connectivity index (χ2n) is 7.07. The number of carbonyl (C=O) groups is 1. The highest BCUT2D eigenvalue weighted by Gasteiger charge is 2.38. The average Bonchev–Trinajstić information content (AvgIpc) is 3.22. The lowest BCUT2D eigenvalue weighted by molar-refractivity contribution is -0.127. The Kier molecular flexibility index (Phi) is 4.67. The molecule has 3 heterocycles. The van der Waals surface area contributed by atoms with Gasteiger partial charge in [-0.2, -0.15) is 5.26 Å². The van der Waals surface area contributed by atoms with Crippen molar-refractivity contribution in [3.8, 4) is 6.07 Å². The topological polar surface area (TPSA) is 124 Å². The minimum absolute atomic E-state index is 0.147. The second-order valence-corrected chi connectivity index (χ2v) is 7.07. The number of nitriles is 1. The van der Waals surface area contributed by atoms with E-state index in [0.717, 1.165) is 22.4 Å². The van der Waals surface area contributed by atoms with Gasteiger partial charge in [0.05, 0.1) is 22.6 Å². The molecule has 1 aliphatic heterocycles. The zero-order chi connectivity index (χ0) is 19.6. The Balaban J connectivity index is 1.38. The third-order valence-corrected chi connectivity index (χ3v) is 5.28. The predicted octanol–water partition coefficient (Wildman–Crippen LogP) is 1.44. The molecule has 0 atom stereocenters. The average molecular weight is 375 g/mol. The van der Waals surface area contributed by atoms with Crippen molar-refractivity contribution in [1.82, 2.24) is 20.3 Å². The molecule has 1 aromatic carbocycles. The van der Waals surface area contributed by atoms with Crippen molar-refractivity contribution in [2.75, 3.05) is 18.0 Å². The fourth-order valence-corrected chi connectivity index (χ4v) is 3.51. The van der Waals surface area contributed by atoms with E-state index in [0.29, 0.717) is 38.0 Å². The summed E-state index contributed by atoms with van der Waals surface area (Å²) in [7, 11) is 0. The molecule has 4 rings (SSSR count). The van der Waals surface area contributed by atoms with Crippen molar-refractivity contribution in [1.29, 1.82) is 5.26 Å². The molecule has 0 unspecified atom stereocenters. The molecule has 8 heteroatoms. The smallest absolute Gasteiger partial charge is 0.240 e. The Labute approximate surface area is 162 Å². The Morgan fingerprint density at radius 3 is 2.71 bits per heavy atom. The third-order valence-electron chi connectivity index (χ3n) is 5.28. The summed E-state index contributed by atoms with van der Waals surface area (Å²) in [5.41, 5.74) is 7.86. The van der Waals surface area contributed by atoms with Gasteiger partial charge in [-0.25, -0.2) is 9.97 Å². The van der Waals surface area contributed by atoms with Crippen LogP contribution in [-0.2, 0) is 11.3 Å². The molecule has 1 fully saturated rings. The molecular weight excluding hydrogens is 354 g/mol. The molecule has 0 aliphatic carbocycles. The van der Waals surface area contributed by atoms with Gasteiger partial charge in [0.2, 0.25) is 5.91 Å². The minimum Gasteiger partial charge on any atom is -0.356 e. The zero-order valence-corrected chi connectivity index (χ0v) is 15.4. The Morgan fingerprint density at radius 1 is 1.25 bits per heavy atom. The van der Waals surface area contributed by atoms with E-state index in [-0.39, 0.29) is 5.91 Å². The highest BCUT2D eigenvalue weighted by molar-refractivity contribution is 5.88. The number of nitrogens with two attached hydrogens (primary N) is 1. The summed E-state index contributed by atoms with van der Waals surface area (Å²) < 4.78 is 0. The van der Waals surface area contributed by atoms with E-state index in [9.17, 15) is 4.79 Å². The molecule has 142 valence electrons. The number of aromatic amines is 1. The molecule has 3 aromatic rings. The lowest BCUT2D eigenvalue weighted by Crippen LogP contribution is -2.59. The Morgan fingerprint density at radius 2 is 2.00 bits per heavy atom. The molecule has 4 N–H and O–H groups in total. The van der Waals surface area contributed by atoms with Gasteiger partial charge in [0.25, 0.3) is 0 Å². The number of amides is 1. The SMILES string of the molecule is N#Cc1ccc(CNC(=O)C2(N)CCN(c3ncnc4[nH]ccc34)CC2)cc1. The first-order chi connectivity index (χ1) is 13.6. The number of hydrogen-bond acceptors (Lipinski definition) is 6. The number of benzene rings is 1. The number of nitrogens with zero attached hydrogens (tertiary/aromatic N) is 4. The first kappa shape index (κ1) is 17.9. The number of aromatic nitrogens is 3. The van der Waals surface area contributed by atoms with Crippen LogP contribution in [0.5, 0.6) is 0 Å². The summed E-state index contributed by atoms with van der Waals surface area (Å²) in [4.78, 5) is 26.6. The van der Waals surface area contributed by atoms with Gasteiger partial charge in [-0.1, -0.05) is 12.1 Å². The number of nitrogens with one attached hydrogen (secondary N) is 2. The summed E-state index contributed by atoms with van der Waals surface area (Å²) in [6.07, 6.45) is 4.48. The van der Waals surface area contributed by atoms with Gasteiger partial charge in [-0.3, -0.25) is 4.79 Å². The van der Waals surface area contributed by atoms with Crippen molar-refractivity contribution >= 4 is 22.8 Å². The second kappa shape index (κ2) is 7.29. The molecule has 1 amide bonds. The maximum Gasteiger partial charge on any atom is 0.240 e. The minimum atomic E-state index is -0.895. The summed E-state index contributed by atoms with van der Waals surface area (Å²) in [5, 5.41) is 12.8. The fraction of sp³-hybridized carbons (Fsp3) is 0.300. The highest BCUT2D eigenvalue weighted by atomic mass is 16.2. The third kappa shape index (κ3) is 3.40. The molecule has 0 bridgehead atoms. The Hall–Kier alpha value is -3.44. The first-order valence-electron chi connectivity index (χ1n) is 9.18. The van der Waals surface area contributed by atoms with Crippen LogP contribution < -0.4 is 16.0 Å². The largest absolute Gasteiger partial charge is 0.356 e. The van der Waals surface area contributed by atoms with Crippen LogP contribution in [0, 0.1) is 11.3 Å². The van der Waals surface area contributed by atoms with Crippen LogP contribution in [0.2, 0.25) is 0 Å². The van der Waals surface area contributed by atoms with E-state index >= 15 is 0 Å². The van der Waals surface area contributed by atoms with E-state index < -0.39 is 5.54 Å². The van der Waals surface area contributed by atoms with Crippen LogP contribution >= 0.6 is 0 Å². The lowest BCUT2D eigenvalue weighted by Gasteiger charge is -2.38. The quantitative estimate of drug-likeness (QED) is 0.634. The molecule has 2 aromatic heterocycles. The number of fused-ring (bicyclic) bond motifs is 1. The van der Waals surface area contributed by atoms with Crippen molar-refractivity contribution < 1.29 is 4.79 Å². The maximum atomic E-state index is 12.7. The monoisotopic (exact) mass is 375 g/mol. The van der Waals surface area contributed by atoms with Gasteiger partial charge in [-0.05, 0) is 36.6 Å². The van der Waals surface area contributed by atoms with Crippen molar-refractivity contribution in [3.05, 3.63) is 54.0 Å². The standard InChI is InChI=1S/C20H21N7O/c21-11-14-1-3-15(4-2-14)12-24-19(28)20(22)6-9-27(10-7-20)18-16-5-8-23-17(16)25-13-26-18/h1-5,8,13H,6-7,9-10,12,22H2,(H,24,28)(H,23,25,26). The summed E-state index contributed by atoms with van der Waals surface area (Å²) >= 11 is 0. The predicted molar refractivity (Wildman–Crippen MR) is 105 cm³/mol. The van der Waals surface area contributed by atoms with E-state index in [1.165, 1.54) is 0 Å². The number of piperidine rings is 1. The van der Waals surface area contributed by atoms with E-state index in [4.69, 9.17) is 11.0 Å². The first-order valence-corrected chi connectivity index (χ1v) is 9.18. The number of carbonyl (C=O) groups excluding carboxylic acids is 1. The van der Waals surface area contributed by atoms with Crippen LogP contribution in [0.1, 0.15) is 24.0 Å². The lowest BCUT2D eigenvalue weighted by atomic mass is 9.87. The van der Waals surface area contributed by atoms with Crippen LogP contribution in [0.4, 0.5) is 5.82 Å². The maximum absolute atomic E-state index is 12.7. The van der Waals surface area contributed by atoms with Gasteiger partial charge in [0.1, 0.15) is 17.8 Å². The molecule has 8 nitrogen and oxygen atoms in total. The number of hydrogen-bond donors (Lipinski definition) is 3. The summed E-state index contributed by atoms with van der Waals surface area (Å²) in [6.45, 7) is 1.69. The molecule has 28 heavy (non-hydrogen) atoms. The van der Waals surface area contributed by atoms with Crippen LogP contribution in [-0.4, -0.2) is 39.5 Å². The van der Waals surface area contributed by atoms with Gasteiger partial charge < -0.3 is 20.9 Å². The fourth-order valence-electron chi connectivity index (χ4n) is 3.51. The van der Waals surface area contributed by atoms with E-state index in [1.807, 2.05) is 24.4 Å². The van der Waals surface area contributed by atoms with Crippen LogP contribution in [0.3, 0.4) is 0 Å². The van der Waals surface area contributed by atoms with Gasteiger partial charge in [0.15, 0.2) is 0 Å². The molecule has 0 spiro atoms. The summed E-state index contributed by atoms with van der Waals surface area (Å²) in [5.74, 6) is 0.720. The Bertz CT molecular complexity index is 1030. The highest BCUT2D eigenvalue weighted by Crippen LogP contribution is 2.28. The summed E-state index contributed by atoms with van der Waals surface area (Å²) in [6, 6.07) is 11.2. The molecule has 0 radical (unpaired) electrons. The van der Waals surface area contributed by atoms with Crippen LogP contribution in [0.15, 0.2) is 42.9 Å². The van der Waals surface area contributed by atoms with E-state index in [1.54, 1.807) is 18.5 Å². The number of H-pyrrole nitrogens is 1. The van der Waals surface area contributed by atoms with Gasteiger partial charge in [-0.15, -0.1) is 0 Å². The number of anilines is 1. The molecule has 1 saturated heterocycles. The van der Waals surface area contributed by atoms with Crippen molar-refractivity contribution in [2.24, 2.45) is 5.73 Å². The van der Waals surface area contributed by atoms with E-state index in [2.05, 4.69) is 31.2 Å². The zero-order valence-electron chi connectivity index (χ0n) is 15.4. The van der Waals surface area contributed by atoms with Gasteiger partial charge in [0, 0.05) is 25.8 Å². The van der Waals surface area contributed by atoms with Gasteiger partial charge >= 0.3 is 0 Å². The van der Waals surface area contributed by atoms with Crippen LogP contribution in [0.25, 0.3) is 11.0 Å². The van der Waals surface area contributed by atoms with Crippen molar-refractivity contribution in [3.63, 3.8) is 0 Å². The molecular formula is C20H21N7O. The molecule has 0 saturated carbocycles. The van der Waals surface area contributed by atoms with Crippen molar-refractivity contribution in [2.45, 2.75) is 24.9 Å².